The van der Waals surface area contributed by atoms with E-state index in [4.69, 9.17) is 10.5 Å². The molecule has 0 unspecified atom stereocenters. The van der Waals surface area contributed by atoms with Crippen LogP contribution in [0.2, 0.25) is 0 Å². The predicted molar refractivity (Wildman–Crippen MR) is 82.4 cm³/mol. The summed E-state index contributed by atoms with van der Waals surface area (Å²) in [5, 5.41) is 4.79. The maximum absolute atomic E-state index is 12.7. The summed E-state index contributed by atoms with van der Waals surface area (Å²) in [4.78, 5) is 23.3. The number of carbonyl (C=O) groups excluding carboxylic acids is 2. The molecule has 0 spiro atoms. The second-order valence-corrected chi connectivity index (χ2v) is 5.98. The van der Waals surface area contributed by atoms with Gasteiger partial charge in [0.2, 0.25) is 0 Å². The lowest BCUT2D eigenvalue weighted by Crippen LogP contribution is -2.38. The van der Waals surface area contributed by atoms with Crippen LogP contribution in [0.4, 0.5) is 23.7 Å². The second kappa shape index (κ2) is 7.41. The van der Waals surface area contributed by atoms with Gasteiger partial charge in [-0.2, -0.15) is 13.2 Å². The van der Waals surface area contributed by atoms with Gasteiger partial charge in [-0.3, -0.25) is 4.79 Å². The highest BCUT2D eigenvalue weighted by Crippen LogP contribution is 2.31. The van der Waals surface area contributed by atoms with Gasteiger partial charge in [-0.05, 0) is 39.0 Å². The minimum Gasteiger partial charge on any atom is -0.444 e. The lowest BCUT2D eigenvalue weighted by atomic mass is 10.1. The molecule has 0 aromatic heterocycles. The van der Waals surface area contributed by atoms with Crippen LogP contribution in [-0.4, -0.2) is 30.7 Å². The molecule has 6 nitrogen and oxygen atoms in total. The third kappa shape index (κ3) is 6.35. The minimum atomic E-state index is -4.57. The molecular formula is C15H20F3N3O3. The van der Waals surface area contributed by atoms with Gasteiger partial charge in [0.15, 0.2) is 0 Å². The van der Waals surface area contributed by atoms with Crippen molar-refractivity contribution in [3.8, 4) is 0 Å². The van der Waals surface area contributed by atoms with Gasteiger partial charge in [0.1, 0.15) is 5.60 Å². The van der Waals surface area contributed by atoms with Gasteiger partial charge < -0.3 is 21.1 Å². The Kier molecular flexibility index (Phi) is 6.05. The number of amides is 2. The van der Waals surface area contributed by atoms with Crippen molar-refractivity contribution in [3.05, 3.63) is 29.3 Å². The van der Waals surface area contributed by atoms with Gasteiger partial charge >= 0.3 is 12.3 Å². The van der Waals surface area contributed by atoms with Crippen molar-refractivity contribution >= 4 is 17.7 Å². The zero-order valence-electron chi connectivity index (χ0n) is 13.6. The van der Waals surface area contributed by atoms with E-state index in [-0.39, 0.29) is 24.3 Å². The topological polar surface area (TPSA) is 93.5 Å². The lowest BCUT2D eigenvalue weighted by Gasteiger charge is -2.19. The summed E-state index contributed by atoms with van der Waals surface area (Å²) < 4.78 is 43.0. The Morgan fingerprint density at radius 2 is 1.71 bits per heavy atom. The number of alkyl carbamates (subject to hydrolysis) is 1. The van der Waals surface area contributed by atoms with Crippen LogP contribution in [-0.2, 0) is 10.9 Å². The Bertz CT molecular complexity index is 610. The quantitative estimate of drug-likeness (QED) is 0.576. The van der Waals surface area contributed by atoms with E-state index < -0.39 is 29.3 Å². The monoisotopic (exact) mass is 347 g/mol. The average molecular weight is 347 g/mol. The molecule has 0 saturated carbocycles. The molecule has 2 amide bonds. The highest BCUT2D eigenvalue weighted by molar-refractivity contribution is 5.99. The molecule has 0 saturated heterocycles. The van der Waals surface area contributed by atoms with E-state index in [1.54, 1.807) is 20.8 Å². The van der Waals surface area contributed by atoms with Crippen molar-refractivity contribution in [2.24, 2.45) is 0 Å². The Balaban J connectivity index is 2.56. The zero-order chi connectivity index (χ0) is 18.5. The summed E-state index contributed by atoms with van der Waals surface area (Å²) in [6.07, 6.45) is -5.23. The van der Waals surface area contributed by atoms with Crippen LogP contribution in [0.3, 0.4) is 0 Å². The normalized spacial score (nSPS) is 11.8. The molecule has 0 aliphatic heterocycles. The first-order valence-corrected chi connectivity index (χ1v) is 7.12. The summed E-state index contributed by atoms with van der Waals surface area (Å²) in [6.45, 7) is 5.16. The molecule has 0 aliphatic rings. The molecule has 0 heterocycles. The van der Waals surface area contributed by atoms with E-state index in [0.29, 0.717) is 6.07 Å². The molecule has 0 radical (unpaired) electrons. The maximum Gasteiger partial charge on any atom is 0.416 e. The summed E-state index contributed by atoms with van der Waals surface area (Å²) in [5.74, 6) is -0.760. The van der Waals surface area contributed by atoms with Gasteiger partial charge in [-0.1, -0.05) is 0 Å². The first kappa shape index (κ1) is 19.6. The molecule has 24 heavy (non-hydrogen) atoms. The molecule has 9 heteroatoms. The SMILES string of the molecule is CC(C)(C)OC(=O)NCCNC(=O)c1cc(C(F)(F)F)ccc1N. The standard InChI is InChI=1S/C15H20F3N3O3/c1-14(2,3)24-13(23)21-7-6-20-12(22)10-8-9(15(16,17)18)4-5-11(10)19/h4-5,8H,6-7,19H2,1-3H3,(H,20,22)(H,21,23). The van der Waals surface area contributed by atoms with Crippen LogP contribution in [0.1, 0.15) is 36.7 Å². The fourth-order valence-corrected chi connectivity index (χ4v) is 1.68. The molecule has 134 valence electrons. The van der Waals surface area contributed by atoms with E-state index in [9.17, 15) is 22.8 Å². The molecule has 0 aliphatic carbocycles. The molecular weight excluding hydrogens is 327 g/mol. The highest BCUT2D eigenvalue weighted by Gasteiger charge is 2.31. The number of nitrogen functional groups attached to an aromatic ring is 1. The number of hydrogen-bond donors (Lipinski definition) is 3. The largest absolute Gasteiger partial charge is 0.444 e. The van der Waals surface area contributed by atoms with Gasteiger partial charge in [0.05, 0.1) is 11.1 Å². The first-order valence-electron chi connectivity index (χ1n) is 7.12. The number of rotatable bonds is 4. The van der Waals surface area contributed by atoms with Gasteiger partial charge in [-0.15, -0.1) is 0 Å². The van der Waals surface area contributed by atoms with E-state index in [0.717, 1.165) is 12.1 Å². The second-order valence-electron chi connectivity index (χ2n) is 5.98. The molecule has 0 atom stereocenters. The molecule has 4 N–H and O–H groups in total. The van der Waals surface area contributed by atoms with Gasteiger partial charge in [0.25, 0.3) is 5.91 Å². The van der Waals surface area contributed by atoms with Crippen LogP contribution in [0, 0.1) is 0 Å². The van der Waals surface area contributed by atoms with Crippen LogP contribution < -0.4 is 16.4 Å². The van der Waals surface area contributed by atoms with Crippen molar-refractivity contribution < 1.29 is 27.5 Å². The van der Waals surface area contributed by atoms with Crippen molar-refractivity contribution in [2.45, 2.75) is 32.5 Å². The Morgan fingerprint density at radius 3 is 2.25 bits per heavy atom. The number of halogens is 3. The molecule has 0 fully saturated rings. The Hall–Kier alpha value is -2.45. The fourth-order valence-electron chi connectivity index (χ4n) is 1.68. The van der Waals surface area contributed by atoms with E-state index in [1.165, 1.54) is 0 Å². The van der Waals surface area contributed by atoms with Crippen LogP contribution in [0.5, 0.6) is 0 Å². The third-order valence-electron chi connectivity index (χ3n) is 2.70. The average Bonchev–Trinajstić information content (AvgIpc) is 2.40. The van der Waals surface area contributed by atoms with E-state index in [1.807, 2.05) is 0 Å². The van der Waals surface area contributed by atoms with Gasteiger partial charge in [0, 0.05) is 18.8 Å². The number of ether oxygens (including phenoxy) is 1. The number of nitrogens with two attached hydrogens (primary N) is 1. The van der Waals surface area contributed by atoms with Crippen LogP contribution >= 0.6 is 0 Å². The van der Waals surface area contributed by atoms with Crippen molar-refractivity contribution in [3.63, 3.8) is 0 Å². The number of anilines is 1. The predicted octanol–water partition coefficient (Wildman–Crippen LogP) is 2.54. The molecule has 1 rings (SSSR count). The summed E-state index contributed by atoms with van der Waals surface area (Å²) >= 11 is 0. The highest BCUT2D eigenvalue weighted by atomic mass is 19.4. The summed E-state index contributed by atoms with van der Waals surface area (Å²) in [6, 6.07) is 2.51. The van der Waals surface area contributed by atoms with Crippen molar-refractivity contribution in [1.82, 2.24) is 10.6 Å². The fraction of sp³-hybridized carbons (Fsp3) is 0.467. The maximum atomic E-state index is 12.7. The minimum absolute atomic E-state index is 0.00770. The van der Waals surface area contributed by atoms with Crippen molar-refractivity contribution in [1.29, 1.82) is 0 Å². The van der Waals surface area contributed by atoms with Crippen LogP contribution in [0.25, 0.3) is 0 Å². The van der Waals surface area contributed by atoms with E-state index >= 15 is 0 Å². The molecule has 0 bridgehead atoms. The van der Waals surface area contributed by atoms with Crippen LogP contribution in [0.15, 0.2) is 18.2 Å². The number of alkyl halides is 3. The van der Waals surface area contributed by atoms with Gasteiger partial charge in [-0.25, -0.2) is 4.79 Å². The Labute approximate surface area is 137 Å². The summed E-state index contributed by atoms with van der Waals surface area (Å²) in [5.41, 5.74) is 3.58. The smallest absolute Gasteiger partial charge is 0.416 e. The Morgan fingerprint density at radius 1 is 1.12 bits per heavy atom. The number of benzene rings is 1. The first-order chi connectivity index (χ1) is 10.9. The molecule has 1 aromatic carbocycles. The molecule has 1 aromatic rings. The third-order valence-corrected chi connectivity index (χ3v) is 2.70. The lowest BCUT2D eigenvalue weighted by molar-refractivity contribution is -0.137. The van der Waals surface area contributed by atoms with Crippen molar-refractivity contribution in [2.75, 3.05) is 18.8 Å². The summed E-state index contributed by atoms with van der Waals surface area (Å²) in [7, 11) is 0. The number of hydrogen-bond acceptors (Lipinski definition) is 4. The number of nitrogens with one attached hydrogen (secondary N) is 2. The number of carbonyl (C=O) groups is 2. The zero-order valence-corrected chi connectivity index (χ0v) is 13.6. The van der Waals surface area contributed by atoms with E-state index in [2.05, 4.69) is 10.6 Å².